The van der Waals surface area contributed by atoms with Crippen LogP contribution >= 0.6 is 0 Å². The third-order valence-electron chi connectivity index (χ3n) is 10.1. The summed E-state index contributed by atoms with van der Waals surface area (Å²) < 4.78 is 17.3. The van der Waals surface area contributed by atoms with Gasteiger partial charge in [0.05, 0.1) is 28.7 Å². The van der Waals surface area contributed by atoms with Crippen molar-refractivity contribution in [3.05, 3.63) is 140 Å². The fourth-order valence-corrected chi connectivity index (χ4v) is 7.63. The van der Waals surface area contributed by atoms with Crippen molar-refractivity contribution in [3.63, 3.8) is 0 Å². The van der Waals surface area contributed by atoms with Crippen molar-refractivity contribution in [1.82, 2.24) is 19.3 Å². The number of hydrogen-bond acceptors (Lipinski definition) is 4. The summed E-state index contributed by atoms with van der Waals surface area (Å²) in [6.07, 6.45) is 7.37. The van der Waals surface area contributed by atoms with Crippen LogP contribution in [0, 0.1) is 0 Å². The highest BCUT2D eigenvalue weighted by atomic mass is 16.5. The van der Waals surface area contributed by atoms with Crippen LogP contribution < -0.4 is 4.74 Å². The van der Waals surface area contributed by atoms with Crippen LogP contribution in [0.15, 0.2) is 144 Å². The van der Waals surface area contributed by atoms with Crippen LogP contribution in [-0.4, -0.2) is 25.9 Å². The molecular weight excluding hydrogens is 641 g/mol. The second-order valence-corrected chi connectivity index (χ2v) is 13.5. The van der Waals surface area contributed by atoms with Crippen LogP contribution in [0.4, 0.5) is 0 Å². The second kappa shape index (κ2) is 13.9. The fraction of sp³-hybridized carbons (Fsp3) is 0.174. The molecule has 6 nitrogen and oxygen atoms in total. The number of hydrogen-bond donors (Lipinski definition) is 0. The molecule has 9 aromatic rings. The molecule has 0 saturated heterocycles. The average Bonchev–Trinajstić information content (AvgIpc) is 3.91. The van der Waals surface area contributed by atoms with Gasteiger partial charge in [-0.15, -0.1) is 10.2 Å². The van der Waals surface area contributed by atoms with Gasteiger partial charge in [0, 0.05) is 44.0 Å². The van der Waals surface area contributed by atoms with E-state index >= 15 is 0 Å². The third-order valence-corrected chi connectivity index (χ3v) is 10.1. The third kappa shape index (κ3) is 5.80. The van der Waals surface area contributed by atoms with Gasteiger partial charge >= 0.3 is 0 Å². The molecule has 9 rings (SSSR count). The zero-order chi connectivity index (χ0) is 34.9. The smallest absolute Gasteiger partial charge is 0.248 e. The van der Waals surface area contributed by atoms with Crippen molar-refractivity contribution in [2.45, 2.75) is 45.4 Å². The maximum Gasteiger partial charge on any atom is 0.248 e. The molecule has 6 aromatic carbocycles. The van der Waals surface area contributed by atoms with Crippen LogP contribution in [0.1, 0.15) is 45.4 Å². The topological polar surface area (TPSA) is 58.0 Å². The Hall–Kier alpha value is -6.14. The van der Waals surface area contributed by atoms with E-state index in [4.69, 9.17) is 9.15 Å². The van der Waals surface area contributed by atoms with E-state index in [0.29, 0.717) is 18.4 Å². The van der Waals surface area contributed by atoms with Gasteiger partial charge in [0.25, 0.3) is 0 Å². The number of para-hydroxylation sites is 4. The van der Waals surface area contributed by atoms with E-state index in [1.807, 2.05) is 24.3 Å². The van der Waals surface area contributed by atoms with E-state index in [0.717, 1.165) is 56.7 Å². The highest BCUT2D eigenvalue weighted by Crippen LogP contribution is 2.38. The van der Waals surface area contributed by atoms with Crippen LogP contribution in [0.5, 0.6) is 5.75 Å². The predicted molar refractivity (Wildman–Crippen MR) is 213 cm³/mol. The van der Waals surface area contributed by atoms with Crippen LogP contribution in [0.25, 0.3) is 77.9 Å². The Labute approximate surface area is 302 Å². The maximum atomic E-state index is 6.49. The number of fused-ring (bicyclic) bond motifs is 6. The van der Waals surface area contributed by atoms with E-state index in [-0.39, 0.29) is 0 Å². The molecule has 0 aliphatic carbocycles. The molecule has 0 aliphatic heterocycles. The lowest BCUT2D eigenvalue weighted by atomic mass is 10.1. The minimum Gasteiger partial charge on any atom is -0.494 e. The molecule has 0 amide bonds. The number of aromatic nitrogens is 4. The highest BCUT2D eigenvalue weighted by Gasteiger charge is 2.19. The SMILES string of the molecule is CCCCCCCCOc1cccc(-c2nnc(-c3cc(-n4c5ccccc5c5ccccc54)cc(-n4c5ccccc5c5ccccc54)c3)o2)c1. The minimum atomic E-state index is 0.457. The first kappa shape index (κ1) is 31.8. The van der Waals surface area contributed by atoms with E-state index in [2.05, 4.69) is 142 Å². The summed E-state index contributed by atoms with van der Waals surface area (Å²) in [5, 5.41) is 14.0. The molecule has 52 heavy (non-hydrogen) atoms. The van der Waals surface area contributed by atoms with Crippen LogP contribution in [0.2, 0.25) is 0 Å². The quantitative estimate of drug-likeness (QED) is 0.121. The number of nitrogens with zero attached hydrogens (tertiary/aromatic N) is 4. The highest BCUT2D eigenvalue weighted by molar-refractivity contribution is 6.10. The molecule has 0 radical (unpaired) electrons. The molecule has 256 valence electrons. The monoisotopic (exact) mass is 680 g/mol. The van der Waals surface area contributed by atoms with Gasteiger partial charge < -0.3 is 18.3 Å². The van der Waals surface area contributed by atoms with E-state index < -0.39 is 0 Å². The van der Waals surface area contributed by atoms with Crippen molar-refractivity contribution >= 4 is 43.6 Å². The zero-order valence-electron chi connectivity index (χ0n) is 29.3. The fourth-order valence-electron chi connectivity index (χ4n) is 7.63. The summed E-state index contributed by atoms with van der Waals surface area (Å²) in [6, 6.07) is 48.9. The molecule has 3 aromatic heterocycles. The summed E-state index contributed by atoms with van der Waals surface area (Å²) in [5.41, 5.74) is 8.24. The normalized spacial score (nSPS) is 11.7. The van der Waals surface area contributed by atoms with Crippen molar-refractivity contribution in [2.24, 2.45) is 0 Å². The number of rotatable bonds is 12. The lowest BCUT2D eigenvalue weighted by Gasteiger charge is -2.14. The molecule has 0 aliphatic rings. The summed E-state index contributed by atoms with van der Waals surface area (Å²) >= 11 is 0. The number of benzene rings is 6. The van der Waals surface area contributed by atoms with Crippen molar-refractivity contribution in [2.75, 3.05) is 6.61 Å². The van der Waals surface area contributed by atoms with Crippen molar-refractivity contribution in [3.8, 4) is 40.0 Å². The van der Waals surface area contributed by atoms with Gasteiger partial charge in [0.15, 0.2) is 0 Å². The molecule has 0 fully saturated rings. The van der Waals surface area contributed by atoms with E-state index in [1.54, 1.807) is 0 Å². The molecule has 6 heteroatoms. The Bertz CT molecular complexity index is 2440. The van der Waals surface area contributed by atoms with Gasteiger partial charge in [0.1, 0.15) is 5.75 Å². The summed E-state index contributed by atoms with van der Waals surface area (Å²) in [5.74, 6) is 1.73. The molecule has 3 heterocycles. The standard InChI is InChI=1S/C46H40N4O2/c1-2-3-4-5-6-15-27-51-36-18-16-17-32(30-36)45-47-48-46(52-45)33-28-34(49-41-23-11-7-19-37(41)38-20-8-12-24-42(38)49)31-35(29-33)50-43-25-13-9-21-39(43)40-22-10-14-26-44(40)50/h7-14,16-26,28-31H,2-6,15,27H2,1H3. The molecule has 0 N–H and O–H groups in total. The van der Waals surface area contributed by atoms with E-state index in [1.165, 1.54) is 53.6 Å². The lowest BCUT2D eigenvalue weighted by molar-refractivity contribution is 0.304. The first-order valence-corrected chi connectivity index (χ1v) is 18.5. The Morgan fingerprint density at radius 1 is 0.481 bits per heavy atom. The van der Waals surface area contributed by atoms with Gasteiger partial charge in [-0.2, -0.15) is 0 Å². The molecule has 0 unspecified atom stereocenters. The van der Waals surface area contributed by atoms with Crippen LogP contribution in [-0.2, 0) is 0 Å². The summed E-state index contributed by atoms with van der Waals surface area (Å²) in [4.78, 5) is 0. The predicted octanol–water partition coefficient (Wildman–Crippen LogP) is 12.3. The zero-order valence-corrected chi connectivity index (χ0v) is 29.3. The molecule has 0 saturated carbocycles. The summed E-state index contributed by atoms with van der Waals surface area (Å²) in [6.45, 7) is 2.95. The average molecular weight is 681 g/mol. The first-order valence-electron chi connectivity index (χ1n) is 18.5. The van der Waals surface area contributed by atoms with Gasteiger partial charge in [-0.25, -0.2) is 0 Å². The molecule has 0 atom stereocenters. The molecule has 0 spiro atoms. The Balaban J connectivity index is 1.15. The summed E-state index contributed by atoms with van der Waals surface area (Å²) in [7, 11) is 0. The Kier molecular flexibility index (Phi) is 8.49. The first-order chi connectivity index (χ1) is 25.8. The van der Waals surface area contributed by atoms with Gasteiger partial charge in [-0.05, 0) is 67.1 Å². The number of unbranched alkanes of at least 4 members (excludes halogenated alkanes) is 5. The largest absolute Gasteiger partial charge is 0.494 e. The Morgan fingerprint density at radius 2 is 0.962 bits per heavy atom. The number of ether oxygens (including phenoxy) is 1. The molecular formula is C46H40N4O2. The second-order valence-electron chi connectivity index (χ2n) is 13.5. The molecule has 0 bridgehead atoms. The minimum absolute atomic E-state index is 0.457. The van der Waals surface area contributed by atoms with Gasteiger partial charge in [0.2, 0.25) is 11.8 Å². The Morgan fingerprint density at radius 3 is 1.50 bits per heavy atom. The van der Waals surface area contributed by atoms with Crippen LogP contribution in [0.3, 0.4) is 0 Å². The van der Waals surface area contributed by atoms with Crippen molar-refractivity contribution < 1.29 is 9.15 Å². The van der Waals surface area contributed by atoms with E-state index in [9.17, 15) is 0 Å². The maximum absolute atomic E-state index is 6.49. The van der Waals surface area contributed by atoms with Crippen molar-refractivity contribution in [1.29, 1.82) is 0 Å². The lowest BCUT2D eigenvalue weighted by Crippen LogP contribution is -2.00. The van der Waals surface area contributed by atoms with Gasteiger partial charge in [-0.1, -0.05) is 118 Å². The van der Waals surface area contributed by atoms with Gasteiger partial charge in [-0.3, -0.25) is 0 Å².